The van der Waals surface area contributed by atoms with E-state index in [-0.39, 0.29) is 18.1 Å². The number of ether oxygens (including phenoxy) is 1. The van der Waals surface area contributed by atoms with E-state index in [4.69, 9.17) is 4.74 Å². The minimum atomic E-state index is -4.52. The van der Waals surface area contributed by atoms with E-state index in [0.29, 0.717) is 27.1 Å². The zero-order chi connectivity index (χ0) is 22.7. The van der Waals surface area contributed by atoms with Gasteiger partial charge in [-0.3, -0.25) is 0 Å². The lowest BCUT2D eigenvalue weighted by Crippen LogP contribution is -2.09. The third-order valence-corrected chi connectivity index (χ3v) is 6.04. The van der Waals surface area contributed by atoms with Crippen LogP contribution >= 0.6 is 11.3 Å². The van der Waals surface area contributed by atoms with Crippen LogP contribution in [0.4, 0.5) is 24.7 Å². The largest absolute Gasteiger partial charge is 0.461 e. The molecule has 0 amide bonds. The highest BCUT2D eigenvalue weighted by molar-refractivity contribution is 7.20. The first-order valence-electron chi connectivity index (χ1n) is 9.73. The predicted molar refractivity (Wildman–Crippen MR) is 117 cm³/mol. The average molecular weight is 457 g/mol. The molecule has 0 spiro atoms. The van der Waals surface area contributed by atoms with Crippen molar-refractivity contribution in [2.45, 2.75) is 19.5 Å². The van der Waals surface area contributed by atoms with Crippen LogP contribution in [0.3, 0.4) is 0 Å². The number of aromatic nitrogens is 2. The molecule has 0 aliphatic carbocycles. The van der Waals surface area contributed by atoms with Gasteiger partial charge in [0.25, 0.3) is 0 Å². The molecular formula is C23H18F3N3O2S. The van der Waals surface area contributed by atoms with Gasteiger partial charge in [-0.25, -0.2) is 14.8 Å². The molecule has 0 bridgehead atoms. The van der Waals surface area contributed by atoms with Crippen molar-refractivity contribution in [3.05, 3.63) is 82.5 Å². The molecule has 32 heavy (non-hydrogen) atoms. The van der Waals surface area contributed by atoms with Crippen LogP contribution in [0.25, 0.3) is 10.2 Å². The number of fused-ring (bicyclic) bond motifs is 1. The Kier molecular flexibility index (Phi) is 6.09. The third kappa shape index (κ3) is 4.57. The Morgan fingerprint density at radius 1 is 1.06 bits per heavy atom. The Hall–Kier alpha value is -3.46. The van der Waals surface area contributed by atoms with Crippen molar-refractivity contribution in [1.82, 2.24) is 9.97 Å². The molecule has 2 heterocycles. The quantitative estimate of drug-likeness (QED) is 0.351. The first kappa shape index (κ1) is 21.8. The number of halogens is 3. The molecule has 0 saturated heterocycles. The van der Waals surface area contributed by atoms with Gasteiger partial charge in [-0.2, -0.15) is 13.2 Å². The number of aryl methyl sites for hydroxylation is 1. The monoisotopic (exact) mass is 457 g/mol. The summed E-state index contributed by atoms with van der Waals surface area (Å²) in [7, 11) is 0. The van der Waals surface area contributed by atoms with Crippen LogP contribution in [0.15, 0.2) is 60.9 Å². The summed E-state index contributed by atoms with van der Waals surface area (Å²) in [5.41, 5.74) is 0.675. The number of nitrogens with zero attached hydrogens (tertiary/aromatic N) is 2. The molecule has 5 nitrogen and oxygen atoms in total. The molecule has 4 aromatic rings. The zero-order valence-electron chi connectivity index (χ0n) is 16.9. The lowest BCUT2D eigenvalue weighted by atomic mass is 10.1. The Labute approximate surface area is 185 Å². The molecule has 0 atom stereocenters. The van der Waals surface area contributed by atoms with Crippen LogP contribution in [-0.2, 0) is 17.3 Å². The maximum atomic E-state index is 13.4. The Bertz CT molecular complexity index is 1260. The van der Waals surface area contributed by atoms with E-state index in [9.17, 15) is 18.0 Å². The van der Waals surface area contributed by atoms with Gasteiger partial charge in [0, 0.05) is 6.42 Å². The predicted octanol–water partition coefficient (Wildman–Crippen LogP) is 6.16. The second-order valence-corrected chi connectivity index (χ2v) is 8.00. The van der Waals surface area contributed by atoms with Gasteiger partial charge in [-0.15, -0.1) is 11.3 Å². The number of hydrogen-bond acceptors (Lipinski definition) is 6. The van der Waals surface area contributed by atoms with Crippen molar-refractivity contribution in [2.75, 3.05) is 11.9 Å². The standard InChI is InChI=1S/C23H18F3N3O2S/c1-14-18-20(29-17-10-6-5-9-16(17)23(24,25)26)27-13-28-21(18)32-19(14)22(30)31-12-11-15-7-3-2-4-8-15/h2-10,13H,11-12H2,1H3,(H,27,28,29). The number of hydrogen-bond donors (Lipinski definition) is 1. The van der Waals surface area contributed by atoms with Crippen LogP contribution in [0.5, 0.6) is 0 Å². The average Bonchev–Trinajstić information content (AvgIpc) is 3.12. The third-order valence-electron chi connectivity index (χ3n) is 4.86. The normalized spacial score (nSPS) is 11.5. The maximum absolute atomic E-state index is 13.4. The minimum absolute atomic E-state index is 0.127. The fourth-order valence-electron chi connectivity index (χ4n) is 3.30. The minimum Gasteiger partial charge on any atom is -0.461 e. The van der Waals surface area contributed by atoms with E-state index in [1.165, 1.54) is 24.5 Å². The first-order chi connectivity index (χ1) is 15.3. The van der Waals surface area contributed by atoms with Gasteiger partial charge in [0.1, 0.15) is 21.9 Å². The van der Waals surface area contributed by atoms with Crippen LogP contribution in [0, 0.1) is 6.92 Å². The molecule has 2 aromatic heterocycles. The van der Waals surface area contributed by atoms with E-state index < -0.39 is 17.7 Å². The lowest BCUT2D eigenvalue weighted by molar-refractivity contribution is -0.136. The van der Waals surface area contributed by atoms with E-state index in [1.54, 1.807) is 6.92 Å². The van der Waals surface area contributed by atoms with Gasteiger partial charge >= 0.3 is 12.1 Å². The fraction of sp³-hybridized carbons (Fsp3) is 0.174. The second-order valence-electron chi connectivity index (χ2n) is 7.00. The van der Waals surface area contributed by atoms with Crippen LogP contribution in [0.2, 0.25) is 0 Å². The molecule has 0 unspecified atom stereocenters. The number of alkyl halides is 3. The SMILES string of the molecule is Cc1c(C(=O)OCCc2ccccc2)sc2ncnc(Nc3ccccc3C(F)(F)F)c12. The summed E-state index contributed by atoms with van der Waals surface area (Å²) in [5.74, 6) is -0.299. The van der Waals surface area contributed by atoms with Crippen LogP contribution in [-0.4, -0.2) is 22.5 Å². The van der Waals surface area contributed by atoms with E-state index in [2.05, 4.69) is 15.3 Å². The van der Waals surface area contributed by atoms with Crippen molar-refractivity contribution in [2.24, 2.45) is 0 Å². The molecule has 9 heteroatoms. The molecule has 4 rings (SSSR count). The Morgan fingerprint density at radius 2 is 1.78 bits per heavy atom. The number of thiophene rings is 1. The highest BCUT2D eigenvalue weighted by Gasteiger charge is 2.33. The number of carbonyl (C=O) groups is 1. The van der Waals surface area contributed by atoms with E-state index >= 15 is 0 Å². The van der Waals surface area contributed by atoms with Gasteiger partial charge in [0.2, 0.25) is 0 Å². The topological polar surface area (TPSA) is 64.1 Å². The molecular weight excluding hydrogens is 439 g/mol. The Balaban J connectivity index is 1.59. The maximum Gasteiger partial charge on any atom is 0.418 e. The fourth-order valence-corrected chi connectivity index (χ4v) is 4.34. The summed E-state index contributed by atoms with van der Waals surface area (Å²) in [6.45, 7) is 1.92. The first-order valence-corrected chi connectivity index (χ1v) is 10.5. The molecule has 164 valence electrons. The molecule has 2 aromatic carbocycles. The zero-order valence-corrected chi connectivity index (χ0v) is 17.8. The molecule has 0 radical (unpaired) electrons. The number of esters is 1. The van der Waals surface area contributed by atoms with E-state index in [0.717, 1.165) is 23.0 Å². The van der Waals surface area contributed by atoms with Crippen molar-refractivity contribution < 1.29 is 22.7 Å². The van der Waals surface area contributed by atoms with Gasteiger partial charge in [-0.1, -0.05) is 42.5 Å². The number of rotatable bonds is 6. The summed E-state index contributed by atoms with van der Waals surface area (Å²) < 4.78 is 45.5. The molecule has 0 aliphatic rings. The van der Waals surface area contributed by atoms with Crippen molar-refractivity contribution >= 4 is 39.0 Å². The smallest absolute Gasteiger partial charge is 0.418 e. The number of benzene rings is 2. The molecule has 1 N–H and O–H groups in total. The summed E-state index contributed by atoms with van der Waals surface area (Å²) in [4.78, 5) is 21.8. The molecule has 0 fully saturated rings. The summed E-state index contributed by atoms with van der Waals surface area (Å²) >= 11 is 1.12. The van der Waals surface area contributed by atoms with Gasteiger partial charge < -0.3 is 10.1 Å². The second kappa shape index (κ2) is 8.96. The van der Waals surface area contributed by atoms with Crippen LogP contribution < -0.4 is 5.32 Å². The van der Waals surface area contributed by atoms with E-state index in [1.807, 2.05) is 30.3 Å². The molecule has 0 saturated carbocycles. The Morgan fingerprint density at radius 3 is 2.53 bits per heavy atom. The van der Waals surface area contributed by atoms with Crippen molar-refractivity contribution in [1.29, 1.82) is 0 Å². The highest BCUT2D eigenvalue weighted by Crippen LogP contribution is 2.38. The number of anilines is 2. The van der Waals surface area contributed by atoms with Gasteiger partial charge in [0.15, 0.2) is 0 Å². The summed E-state index contributed by atoms with van der Waals surface area (Å²) in [6.07, 6.45) is -2.69. The lowest BCUT2D eigenvalue weighted by Gasteiger charge is -2.14. The highest BCUT2D eigenvalue weighted by atomic mass is 32.1. The number of nitrogens with one attached hydrogen (secondary N) is 1. The van der Waals surface area contributed by atoms with Crippen molar-refractivity contribution in [3.63, 3.8) is 0 Å². The van der Waals surface area contributed by atoms with Gasteiger partial charge in [-0.05, 0) is 30.2 Å². The van der Waals surface area contributed by atoms with Gasteiger partial charge in [0.05, 0.1) is 23.2 Å². The van der Waals surface area contributed by atoms with Crippen molar-refractivity contribution in [3.8, 4) is 0 Å². The molecule has 0 aliphatic heterocycles. The van der Waals surface area contributed by atoms with Crippen LogP contribution in [0.1, 0.15) is 26.4 Å². The summed E-state index contributed by atoms with van der Waals surface area (Å²) in [6, 6.07) is 14.8. The number of carbonyl (C=O) groups excluding carboxylic acids is 1. The number of para-hydroxylation sites is 1. The summed E-state index contributed by atoms with van der Waals surface area (Å²) in [5, 5.41) is 3.25.